The lowest BCUT2D eigenvalue weighted by molar-refractivity contribution is -0.138. The van der Waals surface area contributed by atoms with E-state index < -0.39 is 28.5 Å². The van der Waals surface area contributed by atoms with Crippen molar-refractivity contribution in [2.75, 3.05) is 0 Å². The molecule has 1 aromatic heterocycles. The summed E-state index contributed by atoms with van der Waals surface area (Å²) in [5.74, 6) is -1.15. The van der Waals surface area contributed by atoms with Crippen molar-refractivity contribution in [2.24, 2.45) is 0 Å². The van der Waals surface area contributed by atoms with Crippen LogP contribution in [0.3, 0.4) is 0 Å². The standard InChI is InChI=1S/C12H11F3N2O2S/c1-3-9(11(18)19)20-10-7(5-16)8(12(13,14)15)4-6(2)17-10/h4,9H,3H2,1-2H3,(H,18,19). The van der Waals surface area contributed by atoms with E-state index in [2.05, 4.69) is 4.98 Å². The van der Waals surface area contributed by atoms with Gasteiger partial charge in [-0.3, -0.25) is 4.79 Å². The molecule has 108 valence electrons. The largest absolute Gasteiger partial charge is 0.480 e. The van der Waals surface area contributed by atoms with Crippen molar-refractivity contribution in [3.63, 3.8) is 0 Å². The average Bonchev–Trinajstić information content (AvgIpc) is 2.33. The molecule has 0 saturated carbocycles. The van der Waals surface area contributed by atoms with Crippen molar-refractivity contribution in [3.05, 3.63) is 22.9 Å². The summed E-state index contributed by atoms with van der Waals surface area (Å²) in [4.78, 5) is 14.8. The highest BCUT2D eigenvalue weighted by molar-refractivity contribution is 8.00. The summed E-state index contributed by atoms with van der Waals surface area (Å²) in [6, 6.07) is 2.25. The van der Waals surface area contributed by atoms with Gasteiger partial charge in [0.1, 0.15) is 16.3 Å². The monoisotopic (exact) mass is 304 g/mol. The Morgan fingerprint density at radius 3 is 2.60 bits per heavy atom. The molecule has 1 unspecified atom stereocenters. The first-order valence-corrected chi connectivity index (χ1v) is 6.47. The number of halogens is 3. The number of hydrogen-bond acceptors (Lipinski definition) is 4. The van der Waals surface area contributed by atoms with Crippen LogP contribution >= 0.6 is 11.8 Å². The van der Waals surface area contributed by atoms with Crippen LogP contribution in [0.25, 0.3) is 0 Å². The van der Waals surface area contributed by atoms with Gasteiger partial charge >= 0.3 is 12.1 Å². The second kappa shape index (κ2) is 6.13. The first kappa shape index (κ1) is 16.3. The van der Waals surface area contributed by atoms with Crippen LogP contribution in [0.1, 0.15) is 30.2 Å². The van der Waals surface area contributed by atoms with E-state index >= 15 is 0 Å². The number of carboxylic acid groups (broad SMARTS) is 1. The number of nitrogens with zero attached hydrogens (tertiary/aromatic N) is 2. The van der Waals surface area contributed by atoms with Crippen LogP contribution in [0.15, 0.2) is 11.1 Å². The summed E-state index contributed by atoms with van der Waals surface area (Å²) in [6.07, 6.45) is -4.47. The molecular weight excluding hydrogens is 293 g/mol. The van der Waals surface area contributed by atoms with Gasteiger partial charge in [-0.2, -0.15) is 18.4 Å². The van der Waals surface area contributed by atoms with Crippen LogP contribution < -0.4 is 0 Å². The molecule has 1 N–H and O–H groups in total. The molecule has 0 amide bonds. The molecule has 1 atom stereocenters. The Morgan fingerprint density at radius 2 is 2.20 bits per heavy atom. The number of nitriles is 1. The second-order valence-electron chi connectivity index (χ2n) is 3.95. The summed E-state index contributed by atoms with van der Waals surface area (Å²) in [7, 11) is 0. The second-order valence-corrected chi connectivity index (χ2v) is 5.15. The number of rotatable bonds is 4. The Bertz CT molecular complexity index is 567. The van der Waals surface area contributed by atoms with Gasteiger partial charge < -0.3 is 5.11 Å². The first-order valence-electron chi connectivity index (χ1n) is 5.59. The molecule has 4 nitrogen and oxygen atoms in total. The fourth-order valence-electron chi connectivity index (χ4n) is 1.50. The lowest BCUT2D eigenvalue weighted by Crippen LogP contribution is -2.17. The summed E-state index contributed by atoms with van der Waals surface area (Å²) in [6.45, 7) is 2.96. The zero-order chi connectivity index (χ0) is 15.5. The zero-order valence-electron chi connectivity index (χ0n) is 10.7. The van der Waals surface area contributed by atoms with Gasteiger partial charge in [-0.25, -0.2) is 4.98 Å². The highest BCUT2D eigenvalue weighted by Crippen LogP contribution is 2.37. The lowest BCUT2D eigenvalue weighted by Gasteiger charge is -2.14. The molecule has 0 aliphatic heterocycles. The Morgan fingerprint density at radius 1 is 1.60 bits per heavy atom. The van der Waals surface area contributed by atoms with E-state index in [1.54, 1.807) is 6.92 Å². The maximum atomic E-state index is 12.9. The molecule has 8 heteroatoms. The first-order chi connectivity index (χ1) is 9.20. The Hall–Kier alpha value is -1.75. The third-order valence-electron chi connectivity index (χ3n) is 2.43. The van der Waals surface area contributed by atoms with E-state index in [1.165, 1.54) is 13.0 Å². The van der Waals surface area contributed by atoms with Crippen LogP contribution in [-0.2, 0) is 11.0 Å². The summed E-state index contributed by atoms with van der Waals surface area (Å²) >= 11 is 0.659. The SMILES string of the molecule is CCC(Sc1nc(C)cc(C(F)(F)F)c1C#N)C(=O)O. The Balaban J connectivity index is 3.37. The molecule has 1 rings (SSSR count). The number of pyridine rings is 1. The van der Waals surface area contributed by atoms with E-state index in [0.717, 1.165) is 6.07 Å². The van der Waals surface area contributed by atoms with Crippen LogP contribution in [-0.4, -0.2) is 21.3 Å². The number of thioether (sulfide) groups is 1. The zero-order valence-corrected chi connectivity index (χ0v) is 11.5. The molecule has 0 spiro atoms. The molecule has 0 fully saturated rings. The summed E-state index contributed by atoms with van der Waals surface area (Å²) in [5, 5.41) is 16.7. The highest BCUT2D eigenvalue weighted by Gasteiger charge is 2.36. The molecule has 1 aromatic rings. The number of carboxylic acids is 1. The minimum atomic E-state index is -4.68. The number of carbonyl (C=O) groups is 1. The topological polar surface area (TPSA) is 74.0 Å². The maximum Gasteiger partial charge on any atom is 0.417 e. The minimum absolute atomic E-state index is 0.0825. The smallest absolute Gasteiger partial charge is 0.417 e. The van der Waals surface area contributed by atoms with Gasteiger partial charge in [0.15, 0.2) is 0 Å². The van der Waals surface area contributed by atoms with Crippen molar-refractivity contribution in [2.45, 2.75) is 36.7 Å². The lowest BCUT2D eigenvalue weighted by atomic mass is 10.1. The Labute approximate surface area is 117 Å². The molecule has 0 saturated heterocycles. The van der Waals surface area contributed by atoms with Crippen LogP contribution in [0.5, 0.6) is 0 Å². The predicted octanol–water partition coefficient (Wildman–Crippen LogP) is 3.24. The normalized spacial score (nSPS) is 12.8. The fourth-order valence-corrected chi connectivity index (χ4v) is 2.51. The van der Waals surface area contributed by atoms with Crippen LogP contribution in [0.4, 0.5) is 13.2 Å². The average molecular weight is 304 g/mol. The maximum absolute atomic E-state index is 12.9. The van der Waals surface area contributed by atoms with Crippen molar-refractivity contribution < 1.29 is 23.1 Å². The molecule has 20 heavy (non-hydrogen) atoms. The van der Waals surface area contributed by atoms with Gasteiger partial charge in [0.05, 0.1) is 11.1 Å². The number of aromatic nitrogens is 1. The van der Waals surface area contributed by atoms with E-state index in [-0.39, 0.29) is 17.1 Å². The van der Waals surface area contributed by atoms with E-state index in [1.807, 2.05) is 0 Å². The number of aliphatic carboxylic acids is 1. The van der Waals surface area contributed by atoms with Crippen molar-refractivity contribution in [3.8, 4) is 6.07 Å². The molecule has 0 aliphatic rings. The van der Waals surface area contributed by atoms with Gasteiger partial charge in [0.25, 0.3) is 0 Å². The third kappa shape index (κ3) is 3.63. The van der Waals surface area contributed by atoms with Gasteiger partial charge in [-0.1, -0.05) is 18.7 Å². The summed E-state index contributed by atoms with van der Waals surface area (Å²) in [5.41, 5.74) is -1.64. The molecule has 0 bridgehead atoms. The van der Waals surface area contributed by atoms with Gasteiger partial charge in [-0.05, 0) is 19.4 Å². The molecule has 0 aromatic carbocycles. The number of alkyl halides is 3. The fraction of sp³-hybridized carbons (Fsp3) is 0.417. The Kier molecular flexibility index (Phi) is 5.00. The minimum Gasteiger partial charge on any atom is -0.480 e. The van der Waals surface area contributed by atoms with Gasteiger partial charge in [0.2, 0.25) is 0 Å². The quantitative estimate of drug-likeness (QED) is 0.864. The van der Waals surface area contributed by atoms with E-state index in [0.29, 0.717) is 11.8 Å². The predicted molar refractivity (Wildman–Crippen MR) is 66.3 cm³/mol. The third-order valence-corrected chi connectivity index (χ3v) is 3.77. The van der Waals surface area contributed by atoms with E-state index in [9.17, 15) is 18.0 Å². The van der Waals surface area contributed by atoms with Crippen molar-refractivity contribution in [1.29, 1.82) is 5.26 Å². The van der Waals surface area contributed by atoms with Crippen molar-refractivity contribution in [1.82, 2.24) is 4.98 Å². The summed E-state index contributed by atoms with van der Waals surface area (Å²) < 4.78 is 38.6. The van der Waals surface area contributed by atoms with Crippen LogP contribution in [0, 0.1) is 18.3 Å². The number of hydrogen-bond donors (Lipinski definition) is 1. The highest BCUT2D eigenvalue weighted by atomic mass is 32.2. The molecule has 0 aliphatic carbocycles. The molecule has 1 heterocycles. The van der Waals surface area contributed by atoms with Gasteiger partial charge in [0, 0.05) is 5.69 Å². The number of aryl methyl sites for hydroxylation is 1. The van der Waals surface area contributed by atoms with Crippen LogP contribution in [0.2, 0.25) is 0 Å². The van der Waals surface area contributed by atoms with Gasteiger partial charge in [-0.15, -0.1) is 0 Å². The van der Waals surface area contributed by atoms with E-state index in [4.69, 9.17) is 10.4 Å². The molecule has 0 radical (unpaired) electrons. The van der Waals surface area contributed by atoms with Crippen molar-refractivity contribution >= 4 is 17.7 Å². The molecular formula is C12H11F3N2O2S.